The molecule has 0 spiro atoms. The van der Waals surface area contributed by atoms with Gasteiger partial charge in [-0.25, -0.2) is 0 Å². The molecule has 0 heterocycles. The molecular weight excluding hydrogens is 266 g/mol. The van der Waals surface area contributed by atoms with E-state index in [0.29, 0.717) is 11.3 Å². The van der Waals surface area contributed by atoms with Crippen molar-refractivity contribution in [2.24, 2.45) is 0 Å². The molecule has 1 amide bonds. The topological polar surface area (TPSA) is 47.6 Å². The summed E-state index contributed by atoms with van der Waals surface area (Å²) in [7, 11) is 3.18. The lowest BCUT2D eigenvalue weighted by Crippen LogP contribution is -2.27. The molecule has 1 atom stereocenters. The average molecular weight is 285 g/mol. The molecule has 0 aliphatic heterocycles. The third kappa shape index (κ3) is 3.54. The molecule has 2 rings (SSSR count). The number of amides is 1. The van der Waals surface area contributed by atoms with Crippen LogP contribution in [0.25, 0.3) is 0 Å². The quantitative estimate of drug-likeness (QED) is 0.917. The third-order valence-corrected chi connectivity index (χ3v) is 3.32. The molecule has 2 aromatic rings. The molecule has 110 valence electrons. The van der Waals surface area contributed by atoms with E-state index in [2.05, 4.69) is 5.32 Å². The van der Waals surface area contributed by atoms with E-state index < -0.39 is 0 Å². The molecule has 0 saturated heterocycles. The molecule has 21 heavy (non-hydrogen) atoms. The Labute approximate surface area is 124 Å². The fourth-order valence-corrected chi connectivity index (χ4v) is 2.08. The average Bonchev–Trinajstić information content (AvgIpc) is 2.54. The van der Waals surface area contributed by atoms with Crippen molar-refractivity contribution < 1.29 is 14.3 Å². The van der Waals surface area contributed by atoms with Crippen LogP contribution < -0.4 is 14.8 Å². The molecular formula is C17H19NO3. The largest absolute Gasteiger partial charge is 0.497 e. The summed E-state index contributed by atoms with van der Waals surface area (Å²) in [5.74, 6) is 1.20. The van der Waals surface area contributed by atoms with Gasteiger partial charge in [0.1, 0.15) is 11.5 Å². The van der Waals surface area contributed by atoms with Gasteiger partial charge >= 0.3 is 0 Å². The number of hydrogen-bond donors (Lipinski definition) is 1. The second kappa shape index (κ2) is 6.79. The summed E-state index contributed by atoms with van der Waals surface area (Å²) in [6.07, 6.45) is 0. The molecule has 0 unspecified atom stereocenters. The molecule has 0 aliphatic carbocycles. The first-order chi connectivity index (χ1) is 10.2. The van der Waals surface area contributed by atoms with Crippen LogP contribution in [-0.2, 0) is 0 Å². The van der Waals surface area contributed by atoms with E-state index in [1.807, 2.05) is 43.3 Å². The van der Waals surface area contributed by atoms with Crippen LogP contribution in [0.15, 0.2) is 48.5 Å². The van der Waals surface area contributed by atoms with Crippen LogP contribution >= 0.6 is 0 Å². The number of rotatable bonds is 5. The first-order valence-corrected chi connectivity index (χ1v) is 6.73. The molecule has 0 fully saturated rings. The molecule has 4 heteroatoms. The number of hydrogen-bond acceptors (Lipinski definition) is 3. The Kier molecular flexibility index (Phi) is 4.82. The minimum Gasteiger partial charge on any atom is -0.497 e. The van der Waals surface area contributed by atoms with Gasteiger partial charge in [-0.3, -0.25) is 4.79 Å². The Morgan fingerprint density at radius 3 is 2.29 bits per heavy atom. The van der Waals surface area contributed by atoms with Gasteiger partial charge in [-0.05, 0) is 36.8 Å². The molecule has 0 saturated carbocycles. The maximum absolute atomic E-state index is 12.3. The predicted octanol–water partition coefficient (Wildman–Crippen LogP) is 3.19. The summed E-state index contributed by atoms with van der Waals surface area (Å²) in [5, 5.41) is 2.96. The van der Waals surface area contributed by atoms with E-state index in [-0.39, 0.29) is 11.9 Å². The van der Waals surface area contributed by atoms with Gasteiger partial charge in [0.25, 0.3) is 5.91 Å². The zero-order valence-corrected chi connectivity index (χ0v) is 12.4. The van der Waals surface area contributed by atoms with Crippen molar-refractivity contribution in [1.29, 1.82) is 0 Å². The van der Waals surface area contributed by atoms with E-state index in [1.54, 1.807) is 26.4 Å². The van der Waals surface area contributed by atoms with E-state index in [4.69, 9.17) is 9.47 Å². The number of ether oxygens (including phenoxy) is 2. The van der Waals surface area contributed by atoms with E-state index in [0.717, 1.165) is 11.3 Å². The Hall–Kier alpha value is -2.49. The Balaban J connectivity index is 2.11. The second-order valence-corrected chi connectivity index (χ2v) is 4.67. The van der Waals surface area contributed by atoms with Gasteiger partial charge in [-0.2, -0.15) is 0 Å². The highest BCUT2D eigenvalue weighted by atomic mass is 16.5. The standard InChI is InChI=1S/C17H19NO3/c1-12(13-8-10-14(20-2)11-9-13)18-17(19)15-6-4-5-7-16(15)21-3/h4-12H,1-3H3,(H,18,19)/t12-/m0/s1. The van der Waals surface area contributed by atoms with Crippen LogP contribution in [0.3, 0.4) is 0 Å². The number of methoxy groups -OCH3 is 2. The number of benzene rings is 2. The highest BCUT2D eigenvalue weighted by Crippen LogP contribution is 2.20. The normalized spacial score (nSPS) is 11.6. The van der Waals surface area contributed by atoms with Crippen LogP contribution in [0.4, 0.5) is 0 Å². The number of carbonyl (C=O) groups excluding carboxylic acids is 1. The van der Waals surface area contributed by atoms with Crippen LogP contribution in [0.5, 0.6) is 11.5 Å². The first kappa shape index (κ1) is 14.9. The number of nitrogens with one attached hydrogen (secondary N) is 1. The SMILES string of the molecule is COc1ccc([C@H](C)NC(=O)c2ccccc2OC)cc1. The zero-order valence-electron chi connectivity index (χ0n) is 12.4. The summed E-state index contributed by atoms with van der Waals surface area (Å²) < 4.78 is 10.3. The van der Waals surface area contributed by atoms with Gasteiger partial charge in [-0.1, -0.05) is 24.3 Å². The van der Waals surface area contributed by atoms with Gasteiger partial charge < -0.3 is 14.8 Å². The smallest absolute Gasteiger partial charge is 0.255 e. The minimum absolute atomic E-state index is 0.103. The molecule has 1 N–H and O–H groups in total. The van der Waals surface area contributed by atoms with Gasteiger partial charge in [0.05, 0.1) is 25.8 Å². The van der Waals surface area contributed by atoms with Crippen molar-refractivity contribution in [3.8, 4) is 11.5 Å². The summed E-state index contributed by atoms with van der Waals surface area (Å²) in [4.78, 5) is 12.3. The van der Waals surface area contributed by atoms with Crippen molar-refractivity contribution in [3.63, 3.8) is 0 Å². The highest BCUT2D eigenvalue weighted by Gasteiger charge is 2.14. The predicted molar refractivity (Wildman–Crippen MR) is 81.9 cm³/mol. The van der Waals surface area contributed by atoms with Crippen molar-refractivity contribution in [2.45, 2.75) is 13.0 Å². The zero-order chi connectivity index (χ0) is 15.2. The molecule has 0 bridgehead atoms. The molecule has 2 aromatic carbocycles. The van der Waals surface area contributed by atoms with Crippen molar-refractivity contribution >= 4 is 5.91 Å². The Morgan fingerprint density at radius 2 is 1.67 bits per heavy atom. The third-order valence-electron chi connectivity index (χ3n) is 3.32. The molecule has 4 nitrogen and oxygen atoms in total. The fraction of sp³-hybridized carbons (Fsp3) is 0.235. The molecule has 0 aromatic heterocycles. The Morgan fingerprint density at radius 1 is 1.00 bits per heavy atom. The lowest BCUT2D eigenvalue weighted by atomic mass is 10.1. The van der Waals surface area contributed by atoms with Crippen molar-refractivity contribution in [2.75, 3.05) is 14.2 Å². The summed E-state index contributed by atoms with van der Waals surface area (Å²) in [6, 6.07) is 14.7. The van der Waals surface area contributed by atoms with E-state index in [1.165, 1.54) is 0 Å². The summed E-state index contributed by atoms with van der Waals surface area (Å²) in [5.41, 5.74) is 1.54. The Bertz CT molecular complexity index is 608. The van der Waals surface area contributed by atoms with Crippen molar-refractivity contribution in [3.05, 3.63) is 59.7 Å². The van der Waals surface area contributed by atoms with Gasteiger partial charge in [0.15, 0.2) is 0 Å². The van der Waals surface area contributed by atoms with E-state index in [9.17, 15) is 4.79 Å². The fourth-order valence-electron chi connectivity index (χ4n) is 2.08. The van der Waals surface area contributed by atoms with Crippen LogP contribution in [0.2, 0.25) is 0 Å². The maximum atomic E-state index is 12.3. The monoisotopic (exact) mass is 285 g/mol. The van der Waals surface area contributed by atoms with Gasteiger partial charge in [0.2, 0.25) is 0 Å². The second-order valence-electron chi connectivity index (χ2n) is 4.67. The first-order valence-electron chi connectivity index (χ1n) is 6.73. The number of carbonyl (C=O) groups is 1. The van der Waals surface area contributed by atoms with E-state index >= 15 is 0 Å². The molecule has 0 radical (unpaired) electrons. The van der Waals surface area contributed by atoms with Crippen LogP contribution in [0.1, 0.15) is 28.9 Å². The lowest BCUT2D eigenvalue weighted by molar-refractivity contribution is 0.0937. The summed E-state index contributed by atoms with van der Waals surface area (Å²) >= 11 is 0. The van der Waals surface area contributed by atoms with Crippen LogP contribution in [0, 0.1) is 0 Å². The maximum Gasteiger partial charge on any atom is 0.255 e. The minimum atomic E-state index is -0.157. The lowest BCUT2D eigenvalue weighted by Gasteiger charge is -2.16. The highest BCUT2D eigenvalue weighted by molar-refractivity contribution is 5.97. The molecule has 0 aliphatic rings. The number of para-hydroxylation sites is 1. The van der Waals surface area contributed by atoms with Crippen LogP contribution in [-0.4, -0.2) is 20.1 Å². The summed E-state index contributed by atoms with van der Waals surface area (Å²) in [6.45, 7) is 1.94. The van der Waals surface area contributed by atoms with Crippen molar-refractivity contribution in [1.82, 2.24) is 5.32 Å². The van der Waals surface area contributed by atoms with Gasteiger partial charge in [0, 0.05) is 0 Å². The van der Waals surface area contributed by atoms with Gasteiger partial charge in [-0.15, -0.1) is 0 Å².